The third kappa shape index (κ3) is 6.60. The minimum atomic E-state index is -0.653. The number of halogens is 1. The van der Waals surface area contributed by atoms with Crippen LogP contribution in [-0.4, -0.2) is 29.7 Å². The molecule has 1 atom stereocenters. The Hall–Kier alpha value is -1.56. The smallest absolute Gasteiger partial charge is 0.408 e. The van der Waals surface area contributed by atoms with Gasteiger partial charge in [-0.25, -0.2) is 4.79 Å². The third-order valence-corrected chi connectivity index (χ3v) is 3.75. The van der Waals surface area contributed by atoms with Crippen LogP contribution in [0, 0.1) is 0 Å². The second-order valence-electron chi connectivity index (χ2n) is 6.82. The van der Waals surface area contributed by atoms with E-state index in [2.05, 4.69) is 26.6 Å². The molecule has 1 fully saturated rings. The van der Waals surface area contributed by atoms with Gasteiger partial charge in [-0.15, -0.1) is 0 Å². The lowest BCUT2D eigenvalue weighted by Crippen LogP contribution is -2.49. The zero-order valence-electron chi connectivity index (χ0n) is 13.7. The van der Waals surface area contributed by atoms with E-state index in [9.17, 15) is 9.59 Å². The van der Waals surface area contributed by atoms with Crippen molar-refractivity contribution < 1.29 is 14.3 Å². The van der Waals surface area contributed by atoms with Gasteiger partial charge in [0.05, 0.1) is 0 Å². The SMILES string of the molecule is CC(C)(C)OC(=O)NC(Cc1cccc(Br)c1)C(=O)NC1CC1. The number of carbonyl (C=O) groups excluding carboxylic acids is 2. The number of rotatable bonds is 5. The van der Waals surface area contributed by atoms with Gasteiger partial charge in [-0.05, 0) is 51.3 Å². The van der Waals surface area contributed by atoms with Gasteiger partial charge in [-0.3, -0.25) is 4.79 Å². The van der Waals surface area contributed by atoms with Crippen LogP contribution < -0.4 is 10.6 Å². The summed E-state index contributed by atoms with van der Waals surface area (Å²) >= 11 is 3.42. The van der Waals surface area contributed by atoms with E-state index >= 15 is 0 Å². The Morgan fingerprint density at radius 3 is 2.61 bits per heavy atom. The normalized spacial score (nSPS) is 15.7. The zero-order valence-corrected chi connectivity index (χ0v) is 15.3. The van der Waals surface area contributed by atoms with Crippen molar-refractivity contribution in [2.24, 2.45) is 0 Å². The van der Waals surface area contributed by atoms with E-state index in [1.54, 1.807) is 20.8 Å². The fourth-order valence-corrected chi connectivity index (χ4v) is 2.53. The van der Waals surface area contributed by atoms with Gasteiger partial charge in [0.15, 0.2) is 0 Å². The molecule has 23 heavy (non-hydrogen) atoms. The van der Waals surface area contributed by atoms with E-state index in [-0.39, 0.29) is 11.9 Å². The summed E-state index contributed by atoms with van der Waals surface area (Å²) in [5, 5.41) is 5.62. The molecular weight excluding hydrogens is 360 g/mol. The van der Waals surface area contributed by atoms with E-state index < -0.39 is 17.7 Å². The number of nitrogens with one attached hydrogen (secondary N) is 2. The van der Waals surface area contributed by atoms with E-state index in [1.807, 2.05) is 24.3 Å². The van der Waals surface area contributed by atoms with Crippen LogP contribution in [0.1, 0.15) is 39.2 Å². The summed E-state index contributed by atoms with van der Waals surface area (Å²) in [5.41, 5.74) is 0.364. The van der Waals surface area contributed by atoms with Gasteiger partial charge in [0.2, 0.25) is 5.91 Å². The monoisotopic (exact) mass is 382 g/mol. The van der Waals surface area contributed by atoms with Crippen LogP contribution in [0.15, 0.2) is 28.7 Å². The van der Waals surface area contributed by atoms with E-state index in [1.165, 1.54) is 0 Å². The number of carbonyl (C=O) groups is 2. The largest absolute Gasteiger partial charge is 0.444 e. The van der Waals surface area contributed by atoms with Gasteiger partial charge in [0, 0.05) is 16.9 Å². The van der Waals surface area contributed by atoms with Gasteiger partial charge in [0.1, 0.15) is 11.6 Å². The Morgan fingerprint density at radius 2 is 2.04 bits per heavy atom. The van der Waals surface area contributed by atoms with Crippen LogP contribution in [0.5, 0.6) is 0 Å². The van der Waals surface area contributed by atoms with Crippen LogP contribution >= 0.6 is 15.9 Å². The average Bonchev–Trinajstić information content (AvgIpc) is 3.19. The van der Waals surface area contributed by atoms with Crippen molar-refractivity contribution in [3.8, 4) is 0 Å². The third-order valence-electron chi connectivity index (χ3n) is 3.26. The lowest BCUT2D eigenvalue weighted by atomic mass is 10.1. The first-order valence-electron chi connectivity index (χ1n) is 7.77. The van der Waals surface area contributed by atoms with Gasteiger partial charge in [0.25, 0.3) is 0 Å². The predicted molar refractivity (Wildman–Crippen MR) is 92.2 cm³/mol. The molecule has 1 aromatic rings. The summed E-state index contributed by atoms with van der Waals surface area (Å²) in [5.74, 6) is -0.168. The molecule has 1 saturated carbocycles. The van der Waals surface area contributed by atoms with Crippen molar-refractivity contribution >= 4 is 27.9 Å². The molecule has 6 heteroatoms. The van der Waals surface area contributed by atoms with E-state index in [0.717, 1.165) is 22.9 Å². The van der Waals surface area contributed by atoms with Gasteiger partial charge < -0.3 is 15.4 Å². The zero-order chi connectivity index (χ0) is 17.0. The average molecular weight is 383 g/mol. The minimum Gasteiger partial charge on any atom is -0.444 e. The number of ether oxygens (including phenoxy) is 1. The van der Waals surface area contributed by atoms with Crippen molar-refractivity contribution in [1.29, 1.82) is 0 Å². The molecule has 1 unspecified atom stereocenters. The quantitative estimate of drug-likeness (QED) is 0.821. The minimum absolute atomic E-state index is 0.168. The summed E-state index contributed by atoms with van der Waals surface area (Å²) in [6, 6.07) is 7.28. The first kappa shape index (κ1) is 17.8. The number of hydrogen-bond acceptors (Lipinski definition) is 3. The Kier molecular flexibility index (Phi) is 5.68. The summed E-state index contributed by atoms with van der Waals surface area (Å²) in [7, 11) is 0. The molecule has 2 amide bonds. The van der Waals surface area contributed by atoms with Crippen LogP contribution in [-0.2, 0) is 16.0 Å². The lowest BCUT2D eigenvalue weighted by Gasteiger charge is -2.23. The van der Waals surface area contributed by atoms with E-state index in [4.69, 9.17) is 4.74 Å². The first-order valence-corrected chi connectivity index (χ1v) is 8.56. The highest BCUT2D eigenvalue weighted by atomic mass is 79.9. The van der Waals surface area contributed by atoms with Gasteiger partial charge >= 0.3 is 6.09 Å². The van der Waals surface area contributed by atoms with Crippen molar-refractivity contribution in [2.45, 2.75) is 57.7 Å². The molecular formula is C17H23BrN2O3. The van der Waals surface area contributed by atoms with Crippen LogP contribution in [0.25, 0.3) is 0 Å². The molecule has 0 saturated heterocycles. The first-order chi connectivity index (χ1) is 10.7. The summed E-state index contributed by atoms with van der Waals surface area (Å²) in [6.07, 6.45) is 1.84. The van der Waals surface area contributed by atoms with Crippen LogP contribution in [0.3, 0.4) is 0 Å². The topological polar surface area (TPSA) is 67.4 Å². The summed E-state index contributed by atoms with van der Waals surface area (Å²) < 4.78 is 6.20. The molecule has 0 radical (unpaired) electrons. The standard InChI is InChI=1S/C17H23BrN2O3/c1-17(2,3)23-16(22)20-14(15(21)19-13-7-8-13)10-11-5-4-6-12(18)9-11/h4-6,9,13-14H,7-8,10H2,1-3H3,(H,19,21)(H,20,22). The van der Waals surface area contributed by atoms with Crippen LogP contribution in [0.4, 0.5) is 4.79 Å². The summed E-state index contributed by atoms with van der Waals surface area (Å²) in [6.45, 7) is 5.38. The maximum absolute atomic E-state index is 12.4. The molecule has 0 spiro atoms. The van der Waals surface area contributed by atoms with Gasteiger partial charge in [-0.2, -0.15) is 0 Å². The second kappa shape index (κ2) is 7.34. The Morgan fingerprint density at radius 1 is 1.35 bits per heavy atom. The van der Waals surface area contributed by atoms with E-state index in [0.29, 0.717) is 6.42 Å². The Bertz CT molecular complexity index is 579. The second-order valence-corrected chi connectivity index (χ2v) is 7.73. The molecule has 1 aliphatic carbocycles. The Labute approximate surface area is 145 Å². The highest BCUT2D eigenvalue weighted by molar-refractivity contribution is 9.10. The van der Waals surface area contributed by atoms with Crippen molar-refractivity contribution in [2.75, 3.05) is 0 Å². The number of hydrogen-bond donors (Lipinski definition) is 2. The highest BCUT2D eigenvalue weighted by Crippen LogP contribution is 2.19. The molecule has 0 aliphatic heterocycles. The molecule has 0 aromatic heterocycles. The van der Waals surface area contributed by atoms with Gasteiger partial charge in [-0.1, -0.05) is 28.1 Å². The van der Waals surface area contributed by atoms with Crippen LogP contribution in [0.2, 0.25) is 0 Å². The fourth-order valence-electron chi connectivity index (χ4n) is 2.09. The maximum atomic E-state index is 12.4. The number of amides is 2. The molecule has 2 rings (SSSR count). The maximum Gasteiger partial charge on any atom is 0.408 e. The molecule has 0 bridgehead atoms. The van der Waals surface area contributed by atoms with Crippen molar-refractivity contribution in [1.82, 2.24) is 10.6 Å². The summed E-state index contributed by atoms with van der Waals surface area (Å²) in [4.78, 5) is 24.4. The molecule has 1 aromatic carbocycles. The van der Waals surface area contributed by atoms with Crippen molar-refractivity contribution in [3.63, 3.8) is 0 Å². The lowest BCUT2D eigenvalue weighted by molar-refractivity contribution is -0.123. The molecule has 1 aliphatic rings. The molecule has 2 N–H and O–H groups in total. The molecule has 0 heterocycles. The Balaban J connectivity index is 2.04. The predicted octanol–water partition coefficient (Wildman–Crippen LogP) is 3.16. The number of alkyl carbamates (subject to hydrolysis) is 1. The molecule has 5 nitrogen and oxygen atoms in total. The van der Waals surface area contributed by atoms with Crippen molar-refractivity contribution in [3.05, 3.63) is 34.3 Å². The molecule has 126 valence electrons. The fraction of sp³-hybridized carbons (Fsp3) is 0.529. The number of benzene rings is 1. The highest BCUT2D eigenvalue weighted by Gasteiger charge is 2.29.